The van der Waals surface area contributed by atoms with E-state index in [9.17, 15) is 0 Å². The van der Waals surface area contributed by atoms with Crippen molar-refractivity contribution in [3.05, 3.63) is 212 Å². The summed E-state index contributed by atoms with van der Waals surface area (Å²) in [5.41, 5.74) is 13.9. The Morgan fingerprint density at radius 3 is 1.61 bits per heavy atom. The quantitative estimate of drug-likeness (QED) is 0.161. The molecular weight excluding hydrogens is 759 g/mol. The maximum atomic E-state index is 6.10. The van der Waals surface area contributed by atoms with Crippen LogP contribution in [0.4, 0.5) is 0 Å². The van der Waals surface area contributed by atoms with Gasteiger partial charge < -0.3 is 4.42 Å². The zero-order chi connectivity index (χ0) is 41.0. The van der Waals surface area contributed by atoms with E-state index in [2.05, 4.69) is 162 Å². The number of furan rings is 1. The Morgan fingerprint density at radius 1 is 0.339 bits per heavy atom. The number of fused-ring (bicyclic) bond motifs is 6. The Balaban J connectivity index is 0.995. The first kappa shape index (κ1) is 35.5. The molecule has 0 aliphatic heterocycles. The molecule has 0 N–H and O–H groups in total. The van der Waals surface area contributed by atoms with Gasteiger partial charge in [-0.3, -0.25) is 0 Å². The van der Waals surface area contributed by atoms with Crippen molar-refractivity contribution in [1.29, 1.82) is 0 Å². The lowest BCUT2D eigenvalue weighted by molar-refractivity contribution is 0.669. The number of para-hydroxylation sites is 1. The van der Waals surface area contributed by atoms with Crippen LogP contribution in [0.5, 0.6) is 0 Å². The third-order valence-electron chi connectivity index (χ3n) is 11.7. The zero-order valence-corrected chi connectivity index (χ0v) is 33.4. The van der Waals surface area contributed by atoms with Gasteiger partial charge >= 0.3 is 0 Å². The van der Waals surface area contributed by atoms with Crippen LogP contribution in [0.2, 0.25) is 0 Å². The van der Waals surface area contributed by atoms with Gasteiger partial charge in [0.2, 0.25) is 0 Å². The molecule has 0 fully saturated rings. The minimum atomic E-state index is 0.588. The lowest BCUT2D eigenvalue weighted by Gasteiger charge is -2.12. The van der Waals surface area contributed by atoms with Crippen molar-refractivity contribution in [1.82, 2.24) is 24.6 Å². The van der Waals surface area contributed by atoms with E-state index in [0.717, 1.165) is 99.7 Å². The van der Waals surface area contributed by atoms with Crippen molar-refractivity contribution in [2.75, 3.05) is 0 Å². The molecule has 0 saturated heterocycles. The van der Waals surface area contributed by atoms with Crippen LogP contribution in [0.3, 0.4) is 0 Å². The van der Waals surface area contributed by atoms with Crippen LogP contribution in [0, 0.1) is 0 Å². The zero-order valence-electron chi connectivity index (χ0n) is 33.4. The Hall–Kier alpha value is -8.48. The van der Waals surface area contributed by atoms with Gasteiger partial charge in [-0.1, -0.05) is 182 Å². The molecule has 0 saturated carbocycles. The molecule has 0 spiro atoms. The monoisotopic (exact) mass is 793 g/mol. The molecule has 0 bridgehead atoms. The van der Waals surface area contributed by atoms with Gasteiger partial charge in [0.15, 0.2) is 17.5 Å². The summed E-state index contributed by atoms with van der Waals surface area (Å²) < 4.78 is 8.22. The molecule has 4 aromatic heterocycles. The predicted octanol–water partition coefficient (Wildman–Crippen LogP) is 14.2. The molecule has 0 aliphatic carbocycles. The van der Waals surface area contributed by atoms with Gasteiger partial charge in [-0.2, -0.15) is 5.10 Å². The Labute approximate surface area is 357 Å². The highest BCUT2D eigenvalue weighted by Gasteiger charge is 2.22. The highest BCUT2D eigenvalue weighted by molar-refractivity contribution is 6.09. The van der Waals surface area contributed by atoms with Crippen LogP contribution in [0.25, 0.3) is 117 Å². The van der Waals surface area contributed by atoms with Crippen LogP contribution in [-0.2, 0) is 0 Å². The molecule has 8 aromatic carbocycles. The normalized spacial score (nSPS) is 11.5. The first-order valence-electron chi connectivity index (χ1n) is 20.7. The molecule has 62 heavy (non-hydrogen) atoms. The average molecular weight is 794 g/mol. The maximum Gasteiger partial charge on any atom is 0.164 e. The minimum Gasteiger partial charge on any atom is -0.456 e. The third kappa shape index (κ3) is 6.13. The molecule has 6 nitrogen and oxygen atoms in total. The maximum absolute atomic E-state index is 6.10. The second kappa shape index (κ2) is 14.7. The number of hydrogen-bond donors (Lipinski definition) is 0. The number of benzene rings is 8. The van der Waals surface area contributed by atoms with Crippen LogP contribution in [0.15, 0.2) is 217 Å². The fraction of sp³-hybridized carbons (Fsp3) is 0. The molecule has 6 heteroatoms. The van der Waals surface area contributed by atoms with E-state index < -0.39 is 0 Å². The van der Waals surface area contributed by atoms with Gasteiger partial charge in [0, 0.05) is 49.5 Å². The fourth-order valence-corrected chi connectivity index (χ4v) is 8.66. The van der Waals surface area contributed by atoms with Crippen molar-refractivity contribution in [3.8, 4) is 78.9 Å². The summed E-state index contributed by atoms with van der Waals surface area (Å²) in [6.45, 7) is 0. The summed E-state index contributed by atoms with van der Waals surface area (Å²) in [5.74, 6) is 1.80. The van der Waals surface area contributed by atoms with Gasteiger partial charge in [-0.25, -0.2) is 19.5 Å². The van der Waals surface area contributed by atoms with E-state index in [1.165, 1.54) is 0 Å². The molecule has 12 aromatic rings. The number of pyridine rings is 1. The summed E-state index contributed by atoms with van der Waals surface area (Å²) in [4.78, 5) is 15.3. The minimum absolute atomic E-state index is 0.588. The third-order valence-corrected chi connectivity index (χ3v) is 11.7. The molecular formula is C56H35N5O. The second-order valence-electron chi connectivity index (χ2n) is 15.5. The van der Waals surface area contributed by atoms with Gasteiger partial charge in [0.25, 0.3) is 0 Å². The Morgan fingerprint density at radius 2 is 0.871 bits per heavy atom. The molecule has 0 atom stereocenters. The van der Waals surface area contributed by atoms with Crippen molar-refractivity contribution < 1.29 is 4.42 Å². The van der Waals surface area contributed by atoms with E-state index in [-0.39, 0.29) is 0 Å². The number of aromatic nitrogens is 5. The molecule has 12 rings (SSSR count). The highest BCUT2D eigenvalue weighted by Crippen LogP contribution is 2.41. The number of rotatable bonds is 7. The van der Waals surface area contributed by atoms with Crippen LogP contribution in [-0.4, -0.2) is 24.6 Å². The van der Waals surface area contributed by atoms with Crippen molar-refractivity contribution in [3.63, 3.8) is 0 Å². The largest absolute Gasteiger partial charge is 0.456 e. The summed E-state index contributed by atoms with van der Waals surface area (Å²) in [5, 5.41) is 9.90. The first-order valence-corrected chi connectivity index (χ1v) is 20.7. The van der Waals surface area contributed by atoms with E-state index in [1.54, 1.807) is 0 Å². The number of nitrogens with zero attached hydrogens (tertiary/aromatic N) is 5. The van der Waals surface area contributed by atoms with E-state index in [4.69, 9.17) is 24.5 Å². The van der Waals surface area contributed by atoms with Gasteiger partial charge in [0.1, 0.15) is 16.9 Å². The fourth-order valence-electron chi connectivity index (χ4n) is 8.66. The topological polar surface area (TPSA) is 69.1 Å². The lowest BCUT2D eigenvalue weighted by Crippen LogP contribution is -2.01. The van der Waals surface area contributed by atoms with E-state index in [0.29, 0.717) is 17.5 Å². The summed E-state index contributed by atoms with van der Waals surface area (Å²) >= 11 is 0. The SMILES string of the molecule is c1ccc(-c2nc(-c3ccc(-c4ccc5oc6ccccc6c5c4)cc3)nc(-c3cccc(-c4cc5ccccc5c5c(-c6ccccc6)c(-c6ccccc6)nn45)c3)n2)cc1. The Bertz CT molecular complexity index is 3610. The Kier molecular flexibility index (Phi) is 8.38. The first-order chi connectivity index (χ1) is 30.7. The van der Waals surface area contributed by atoms with Gasteiger partial charge in [-0.05, 0) is 52.4 Å². The molecule has 4 heterocycles. The van der Waals surface area contributed by atoms with E-state index >= 15 is 0 Å². The average Bonchev–Trinajstić information content (AvgIpc) is 3.94. The molecule has 0 unspecified atom stereocenters. The predicted molar refractivity (Wildman–Crippen MR) is 251 cm³/mol. The lowest BCUT2D eigenvalue weighted by atomic mass is 9.97. The number of hydrogen-bond acceptors (Lipinski definition) is 5. The summed E-state index contributed by atoms with van der Waals surface area (Å²) in [7, 11) is 0. The van der Waals surface area contributed by atoms with Crippen LogP contribution >= 0.6 is 0 Å². The van der Waals surface area contributed by atoms with Gasteiger partial charge in [0.05, 0.1) is 11.2 Å². The van der Waals surface area contributed by atoms with Crippen molar-refractivity contribution in [2.45, 2.75) is 0 Å². The van der Waals surface area contributed by atoms with Crippen molar-refractivity contribution >= 4 is 38.2 Å². The molecule has 0 radical (unpaired) electrons. The van der Waals surface area contributed by atoms with Crippen LogP contribution < -0.4 is 0 Å². The summed E-state index contributed by atoms with van der Waals surface area (Å²) in [6.07, 6.45) is 0. The second-order valence-corrected chi connectivity index (χ2v) is 15.5. The van der Waals surface area contributed by atoms with E-state index in [1.807, 2.05) is 54.6 Å². The van der Waals surface area contributed by atoms with Crippen molar-refractivity contribution in [2.24, 2.45) is 0 Å². The highest BCUT2D eigenvalue weighted by atomic mass is 16.3. The smallest absolute Gasteiger partial charge is 0.164 e. The van der Waals surface area contributed by atoms with Gasteiger partial charge in [-0.15, -0.1) is 0 Å². The molecule has 0 amide bonds. The molecule has 290 valence electrons. The molecule has 0 aliphatic rings. The van der Waals surface area contributed by atoms with Crippen LogP contribution in [0.1, 0.15) is 0 Å². The standard InChI is InChI=1S/C56H35N5O/c1-4-15-37(16-5-1)51-52(38-17-6-2-7-18-38)60-61-48(35-42-21-10-11-24-45(42)53(51)61)43-22-14-23-44(33-43)56-58-54(39-19-8-3-9-20-39)57-55(59-56)40-29-27-36(28-30-40)41-31-32-50-47(34-41)46-25-12-13-26-49(46)62-50/h1-35H. The summed E-state index contributed by atoms with van der Waals surface area (Å²) in [6, 6.07) is 73.4.